The number of benzene rings is 1. The maximum atomic E-state index is 12.0. The van der Waals surface area contributed by atoms with Gasteiger partial charge in [-0.2, -0.15) is 5.10 Å². The van der Waals surface area contributed by atoms with Crippen molar-refractivity contribution in [3.8, 4) is 0 Å². The van der Waals surface area contributed by atoms with Crippen LogP contribution < -0.4 is 0 Å². The number of esters is 1. The van der Waals surface area contributed by atoms with Crippen molar-refractivity contribution >= 4 is 16.9 Å². The van der Waals surface area contributed by atoms with E-state index in [-0.39, 0.29) is 5.97 Å². The normalized spacial score (nSPS) is 16.4. The van der Waals surface area contributed by atoms with Crippen LogP contribution in [-0.4, -0.2) is 22.4 Å². The van der Waals surface area contributed by atoms with Gasteiger partial charge in [0.25, 0.3) is 0 Å². The summed E-state index contributed by atoms with van der Waals surface area (Å²) in [5, 5.41) is 5.67. The summed E-state index contributed by atoms with van der Waals surface area (Å²) in [5.41, 5.74) is 1.33. The molecule has 1 heterocycles. The van der Waals surface area contributed by atoms with Crippen LogP contribution in [0.2, 0.25) is 0 Å². The fourth-order valence-corrected chi connectivity index (χ4v) is 2.97. The van der Waals surface area contributed by atoms with Crippen molar-refractivity contribution in [3.63, 3.8) is 0 Å². The molecule has 0 unspecified atom stereocenters. The Labute approximate surface area is 118 Å². The van der Waals surface area contributed by atoms with E-state index in [1.54, 1.807) is 6.07 Å². The van der Waals surface area contributed by atoms with Crippen LogP contribution in [0.5, 0.6) is 0 Å². The summed E-state index contributed by atoms with van der Waals surface area (Å²) in [5.74, 6) is -0.285. The number of carbonyl (C=O) groups is 1. The van der Waals surface area contributed by atoms with E-state index in [4.69, 9.17) is 4.74 Å². The molecule has 3 rings (SSSR count). The first kappa shape index (κ1) is 13.2. The summed E-state index contributed by atoms with van der Waals surface area (Å²) in [4.78, 5) is 12.0. The lowest BCUT2D eigenvalue weighted by Crippen LogP contribution is -2.13. The summed E-state index contributed by atoms with van der Waals surface area (Å²) in [6.07, 6.45) is 8.29. The molecule has 20 heavy (non-hydrogen) atoms. The molecule has 0 saturated heterocycles. The third kappa shape index (κ3) is 2.42. The summed E-state index contributed by atoms with van der Waals surface area (Å²) >= 11 is 0. The van der Waals surface area contributed by atoms with Gasteiger partial charge < -0.3 is 4.74 Å². The third-order valence-corrected chi connectivity index (χ3v) is 4.00. The van der Waals surface area contributed by atoms with E-state index in [0.29, 0.717) is 18.2 Å². The van der Waals surface area contributed by atoms with Crippen LogP contribution in [-0.2, 0) is 4.74 Å². The lowest BCUT2D eigenvalue weighted by atomic mass is 9.96. The molecule has 0 amide bonds. The molecule has 4 heteroatoms. The van der Waals surface area contributed by atoms with E-state index in [1.807, 2.05) is 23.7 Å². The van der Waals surface area contributed by atoms with Gasteiger partial charge in [0.1, 0.15) is 5.52 Å². The van der Waals surface area contributed by atoms with Crippen LogP contribution >= 0.6 is 0 Å². The molecule has 0 spiro atoms. The second-order valence-corrected chi connectivity index (χ2v) is 5.36. The van der Waals surface area contributed by atoms with Crippen LogP contribution in [0.25, 0.3) is 10.9 Å². The van der Waals surface area contributed by atoms with Crippen LogP contribution in [0, 0.1) is 0 Å². The first-order valence-electron chi connectivity index (χ1n) is 7.44. The van der Waals surface area contributed by atoms with Crippen molar-refractivity contribution in [1.82, 2.24) is 9.78 Å². The van der Waals surface area contributed by atoms with Gasteiger partial charge in [-0.1, -0.05) is 31.4 Å². The number of aromatic nitrogens is 2. The largest absolute Gasteiger partial charge is 0.462 e. The third-order valence-electron chi connectivity index (χ3n) is 4.00. The van der Waals surface area contributed by atoms with Gasteiger partial charge in [-0.05, 0) is 25.8 Å². The Morgan fingerprint density at radius 3 is 2.90 bits per heavy atom. The van der Waals surface area contributed by atoms with Crippen molar-refractivity contribution < 1.29 is 9.53 Å². The Bertz CT molecular complexity index is 612. The smallest absolute Gasteiger partial charge is 0.340 e. The maximum absolute atomic E-state index is 12.0. The Morgan fingerprint density at radius 2 is 2.15 bits per heavy atom. The molecule has 0 N–H and O–H groups in total. The van der Waals surface area contributed by atoms with Gasteiger partial charge in [0.05, 0.1) is 18.2 Å². The average Bonchev–Trinajstić information content (AvgIpc) is 2.92. The first-order valence-corrected chi connectivity index (χ1v) is 7.44. The summed E-state index contributed by atoms with van der Waals surface area (Å²) in [6, 6.07) is 6.16. The Hall–Kier alpha value is -1.84. The van der Waals surface area contributed by atoms with E-state index in [1.165, 1.54) is 32.1 Å². The van der Waals surface area contributed by atoms with Gasteiger partial charge >= 0.3 is 5.97 Å². The second kappa shape index (κ2) is 5.65. The minimum atomic E-state index is -0.285. The van der Waals surface area contributed by atoms with Crippen molar-refractivity contribution in [2.75, 3.05) is 6.61 Å². The van der Waals surface area contributed by atoms with E-state index in [2.05, 4.69) is 11.3 Å². The molecule has 1 aromatic carbocycles. The molecule has 0 bridgehead atoms. The number of hydrogen-bond acceptors (Lipinski definition) is 3. The quantitative estimate of drug-likeness (QED) is 0.800. The molecule has 1 saturated carbocycles. The van der Waals surface area contributed by atoms with Crippen LogP contribution in [0.3, 0.4) is 0 Å². The van der Waals surface area contributed by atoms with E-state index < -0.39 is 0 Å². The predicted molar refractivity (Wildman–Crippen MR) is 77.8 cm³/mol. The van der Waals surface area contributed by atoms with Crippen LogP contribution in [0.15, 0.2) is 24.4 Å². The van der Waals surface area contributed by atoms with Gasteiger partial charge in [-0.25, -0.2) is 4.79 Å². The van der Waals surface area contributed by atoms with Crippen LogP contribution in [0.4, 0.5) is 0 Å². The molecule has 0 aliphatic heterocycles. The first-order chi connectivity index (χ1) is 9.79. The Morgan fingerprint density at radius 1 is 1.35 bits per heavy atom. The molecule has 1 aromatic heterocycles. The summed E-state index contributed by atoms with van der Waals surface area (Å²) in [7, 11) is 0. The topological polar surface area (TPSA) is 44.1 Å². The number of nitrogens with zero attached hydrogens (tertiary/aromatic N) is 2. The summed E-state index contributed by atoms with van der Waals surface area (Å²) < 4.78 is 7.15. The minimum absolute atomic E-state index is 0.285. The molecule has 0 radical (unpaired) electrons. The molecule has 4 nitrogen and oxygen atoms in total. The average molecular weight is 272 g/mol. The molecule has 1 aliphatic rings. The lowest BCUT2D eigenvalue weighted by Gasteiger charge is -2.21. The minimum Gasteiger partial charge on any atom is -0.462 e. The number of hydrogen-bond donors (Lipinski definition) is 0. The molecule has 2 aromatic rings. The van der Waals surface area contributed by atoms with Crippen molar-refractivity contribution in [2.24, 2.45) is 0 Å². The van der Waals surface area contributed by atoms with Gasteiger partial charge in [-0.3, -0.25) is 4.68 Å². The molecule has 1 fully saturated rings. The van der Waals surface area contributed by atoms with Crippen molar-refractivity contribution in [3.05, 3.63) is 30.0 Å². The highest BCUT2D eigenvalue weighted by Gasteiger charge is 2.19. The monoisotopic (exact) mass is 272 g/mol. The zero-order valence-corrected chi connectivity index (χ0v) is 11.8. The van der Waals surface area contributed by atoms with Gasteiger partial charge in [0.15, 0.2) is 0 Å². The highest BCUT2D eigenvalue weighted by Crippen LogP contribution is 2.29. The van der Waals surface area contributed by atoms with Gasteiger partial charge in [0, 0.05) is 11.6 Å². The van der Waals surface area contributed by atoms with E-state index >= 15 is 0 Å². The van der Waals surface area contributed by atoms with E-state index in [9.17, 15) is 4.79 Å². The fourth-order valence-electron chi connectivity index (χ4n) is 2.97. The fraction of sp³-hybridized carbons (Fsp3) is 0.500. The maximum Gasteiger partial charge on any atom is 0.340 e. The molecular weight excluding hydrogens is 252 g/mol. The highest BCUT2D eigenvalue weighted by molar-refractivity contribution is 6.02. The molecule has 0 atom stereocenters. The predicted octanol–water partition coefficient (Wildman–Crippen LogP) is 3.72. The molecule has 106 valence electrons. The zero-order chi connectivity index (χ0) is 13.9. The standard InChI is InChI=1S/C16H20N2O2/c1-2-20-16(19)14-10-6-7-12-11-18(17-15(12)14)13-8-4-3-5-9-13/h6-7,10-11,13H,2-5,8-9H2,1H3. The molecule has 1 aliphatic carbocycles. The second-order valence-electron chi connectivity index (χ2n) is 5.36. The number of rotatable bonds is 3. The number of ether oxygens (including phenoxy) is 1. The number of carbonyl (C=O) groups excluding carboxylic acids is 1. The van der Waals surface area contributed by atoms with E-state index in [0.717, 1.165) is 10.9 Å². The Kier molecular flexibility index (Phi) is 3.72. The highest BCUT2D eigenvalue weighted by atomic mass is 16.5. The van der Waals surface area contributed by atoms with Gasteiger partial charge in [-0.15, -0.1) is 0 Å². The van der Waals surface area contributed by atoms with Crippen molar-refractivity contribution in [2.45, 2.75) is 45.1 Å². The number of fused-ring (bicyclic) bond motifs is 1. The van der Waals surface area contributed by atoms with Gasteiger partial charge in [0.2, 0.25) is 0 Å². The Balaban J connectivity index is 1.97. The van der Waals surface area contributed by atoms with Crippen molar-refractivity contribution in [1.29, 1.82) is 0 Å². The SMILES string of the molecule is CCOC(=O)c1cccc2cn(C3CCCCC3)nc12. The molecular formula is C16H20N2O2. The summed E-state index contributed by atoms with van der Waals surface area (Å²) in [6.45, 7) is 2.21. The lowest BCUT2D eigenvalue weighted by molar-refractivity contribution is 0.0528. The van der Waals surface area contributed by atoms with Crippen LogP contribution in [0.1, 0.15) is 55.4 Å². The zero-order valence-electron chi connectivity index (χ0n) is 11.8.